The largest absolute Gasteiger partial charge is 0.494 e. The molecule has 3 nitrogen and oxygen atoms in total. The number of alkyl halides is 1. The first-order chi connectivity index (χ1) is 13.7. The molecular weight excluding hydrogens is 372 g/mol. The Balaban J connectivity index is 2.14. The first-order valence-corrected chi connectivity index (χ1v) is 11.3. The topological polar surface area (TPSA) is 35.5 Å². The van der Waals surface area contributed by atoms with Gasteiger partial charge in [0.15, 0.2) is 0 Å². The van der Waals surface area contributed by atoms with Crippen molar-refractivity contribution in [1.29, 1.82) is 0 Å². The van der Waals surface area contributed by atoms with E-state index >= 15 is 0 Å². The lowest BCUT2D eigenvalue weighted by atomic mass is 10.1. The molecule has 0 radical (unpaired) electrons. The fraction of sp³-hybridized carbons (Fsp3) is 0.625. The standard InChI is InChI=1S/C24H37ClO3/c1-3-4-5-6-7-8-9-10-11-12-18-27-23-15-13-22(14-16-23)20-21(2)24(26)28-19-17-25/h13-16,20H,3-12,17-19H2,1-2H3/b21-20+. The van der Waals surface area contributed by atoms with Crippen LogP contribution in [0, 0.1) is 0 Å². The summed E-state index contributed by atoms with van der Waals surface area (Å²) in [6, 6.07) is 7.79. The zero-order valence-electron chi connectivity index (χ0n) is 17.7. The Kier molecular flexibility index (Phi) is 14.4. The molecule has 1 rings (SSSR count). The second-order valence-electron chi connectivity index (χ2n) is 7.25. The summed E-state index contributed by atoms with van der Waals surface area (Å²) >= 11 is 5.52. The molecule has 0 spiro atoms. The lowest BCUT2D eigenvalue weighted by Gasteiger charge is -2.07. The maximum Gasteiger partial charge on any atom is 0.333 e. The maximum atomic E-state index is 11.7. The second kappa shape index (κ2) is 16.5. The number of unbranched alkanes of at least 4 members (excludes halogenated alkanes) is 9. The molecule has 0 saturated heterocycles. The quantitative estimate of drug-likeness (QED) is 0.126. The summed E-state index contributed by atoms with van der Waals surface area (Å²) in [5.41, 5.74) is 1.51. The Morgan fingerprint density at radius 2 is 1.46 bits per heavy atom. The zero-order chi connectivity index (χ0) is 20.5. The van der Waals surface area contributed by atoms with E-state index in [1.807, 2.05) is 30.3 Å². The average molecular weight is 409 g/mol. The van der Waals surface area contributed by atoms with E-state index in [0.29, 0.717) is 11.5 Å². The summed E-state index contributed by atoms with van der Waals surface area (Å²) in [7, 11) is 0. The summed E-state index contributed by atoms with van der Waals surface area (Å²) < 4.78 is 10.8. The Labute approximate surface area is 176 Å². The summed E-state index contributed by atoms with van der Waals surface area (Å²) in [4.78, 5) is 11.7. The van der Waals surface area contributed by atoms with Crippen molar-refractivity contribution >= 4 is 23.6 Å². The monoisotopic (exact) mass is 408 g/mol. The van der Waals surface area contributed by atoms with Crippen LogP contribution in [0.2, 0.25) is 0 Å². The predicted molar refractivity (Wildman–Crippen MR) is 119 cm³/mol. The summed E-state index contributed by atoms with van der Waals surface area (Å²) in [5, 5.41) is 0. The van der Waals surface area contributed by atoms with Gasteiger partial charge in [0, 0.05) is 5.57 Å². The van der Waals surface area contributed by atoms with Crippen LogP contribution in [0.1, 0.15) is 83.6 Å². The fourth-order valence-corrected chi connectivity index (χ4v) is 3.07. The van der Waals surface area contributed by atoms with E-state index in [9.17, 15) is 4.79 Å². The fourth-order valence-electron chi connectivity index (χ4n) is 2.99. The molecule has 0 bridgehead atoms. The number of esters is 1. The molecule has 0 aliphatic rings. The predicted octanol–water partition coefficient (Wildman–Crippen LogP) is 7.17. The van der Waals surface area contributed by atoms with Crippen molar-refractivity contribution in [1.82, 2.24) is 0 Å². The lowest BCUT2D eigenvalue weighted by Crippen LogP contribution is -2.07. The van der Waals surface area contributed by atoms with Gasteiger partial charge in [-0.05, 0) is 37.1 Å². The highest BCUT2D eigenvalue weighted by atomic mass is 35.5. The van der Waals surface area contributed by atoms with Crippen LogP contribution in [0.15, 0.2) is 29.8 Å². The van der Waals surface area contributed by atoms with E-state index in [2.05, 4.69) is 6.92 Å². The van der Waals surface area contributed by atoms with Crippen molar-refractivity contribution in [3.8, 4) is 5.75 Å². The van der Waals surface area contributed by atoms with Crippen LogP contribution < -0.4 is 4.74 Å². The van der Waals surface area contributed by atoms with Crippen LogP contribution in [0.3, 0.4) is 0 Å². The summed E-state index contributed by atoms with van der Waals surface area (Å²) in [6.07, 6.45) is 15.1. The van der Waals surface area contributed by atoms with Gasteiger partial charge in [-0.2, -0.15) is 0 Å². The molecule has 0 aliphatic heterocycles. The Hall–Kier alpha value is -1.48. The smallest absolute Gasteiger partial charge is 0.333 e. The van der Waals surface area contributed by atoms with Gasteiger partial charge >= 0.3 is 5.97 Å². The van der Waals surface area contributed by atoms with Crippen LogP contribution in [0.25, 0.3) is 6.08 Å². The van der Waals surface area contributed by atoms with Crippen molar-refractivity contribution in [3.63, 3.8) is 0 Å². The third-order valence-electron chi connectivity index (χ3n) is 4.66. The molecule has 0 atom stereocenters. The molecule has 0 N–H and O–H groups in total. The molecule has 0 amide bonds. The van der Waals surface area contributed by atoms with Crippen LogP contribution in [-0.4, -0.2) is 25.1 Å². The molecule has 1 aromatic rings. The van der Waals surface area contributed by atoms with Crippen LogP contribution >= 0.6 is 11.6 Å². The van der Waals surface area contributed by atoms with Crippen molar-refractivity contribution in [2.24, 2.45) is 0 Å². The first kappa shape index (κ1) is 24.6. The minimum Gasteiger partial charge on any atom is -0.494 e. The molecule has 158 valence electrons. The second-order valence-corrected chi connectivity index (χ2v) is 7.63. The summed E-state index contributed by atoms with van der Waals surface area (Å²) in [6.45, 7) is 5.00. The van der Waals surface area contributed by atoms with Crippen molar-refractivity contribution in [3.05, 3.63) is 35.4 Å². The van der Waals surface area contributed by atoms with E-state index in [1.54, 1.807) is 6.92 Å². The molecule has 0 fully saturated rings. The minimum atomic E-state index is -0.332. The van der Waals surface area contributed by atoms with E-state index in [0.717, 1.165) is 24.3 Å². The third kappa shape index (κ3) is 12.1. The lowest BCUT2D eigenvalue weighted by molar-refractivity contribution is -0.138. The number of benzene rings is 1. The molecule has 0 unspecified atom stereocenters. The highest BCUT2D eigenvalue weighted by Gasteiger charge is 2.05. The van der Waals surface area contributed by atoms with Gasteiger partial charge < -0.3 is 9.47 Å². The van der Waals surface area contributed by atoms with Gasteiger partial charge in [0.1, 0.15) is 12.4 Å². The highest BCUT2D eigenvalue weighted by molar-refractivity contribution is 6.18. The number of carbonyl (C=O) groups is 1. The van der Waals surface area contributed by atoms with Crippen molar-refractivity contribution in [2.75, 3.05) is 19.1 Å². The molecule has 0 heterocycles. The number of rotatable bonds is 16. The number of ether oxygens (including phenoxy) is 2. The number of carbonyl (C=O) groups excluding carboxylic acids is 1. The average Bonchev–Trinajstić information content (AvgIpc) is 2.71. The van der Waals surface area contributed by atoms with Gasteiger partial charge in [-0.25, -0.2) is 4.79 Å². The Morgan fingerprint density at radius 1 is 0.893 bits per heavy atom. The summed E-state index contributed by atoms with van der Waals surface area (Å²) in [5.74, 6) is 0.849. The molecule has 1 aromatic carbocycles. The Bertz CT molecular complexity index is 551. The molecule has 28 heavy (non-hydrogen) atoms. The van der Waals surface area contributed by atoms with E-state index in [-0.39, 0.29) is 12.6 Å². The van der Waals surface area contributed by atoms with E-state index in [4.69, 9.17) is 21.1 Å². The van der Waals surface area contributed by atoms with E-state index < -0.39 is 0 Å². The van der Waals surface area contributed by atoms with Gasteiger partial charge in [-0.1, -0.05) is 76.8 Å². The molecule has 0 aromatic heterocycles. The van der Waals surface area contributed by atoms with Crippen LogP contribution in [0.5, 0.6) is 5.75 Å². The highest BCUT2D eigenvalue weighted by Crippen LogP contribution is 2.16. The molecule has 4 heteroatoms. The molecular formula is C24H37ClO3. The van der Waals surface area contributed by atoms with Gasteiger partial charge in [0.05, 0.1) is 12.5 Å². The maximum absolute atomic E-state index is 11.7. The first-order valence-electron chi connectivity index (χ1n) is 10.8. The number of hydrogen-bond acceptors (Lipinski definition) is 3. The number of hydrogen-bond donors (Lipinski definition) is 0. The van der Waals surface area contributed by atoms with Crippen LogP contribution in [-0.2, 0) is 9.53 Å². The van der Waals surface area contributed by atoms with Gasteiger partial charge in [-0.3, -0.25) is 0 Å². The van der Waals surface area contributed by atoms with Gasteiger partial charge in [0.2, 0.25) is 0 Å². The Morgan fingerprint density at radius 3 is 2.04 bits per heavy atom. The zero-order valence-corrected chi connectivity index (χ0v) is 18.4. The van der Waals surface area contributed by atoms with Crippen LogP contribution in [0.4, 0.5) is 0 Å². The van der Waals surface area contributed by atoms with Crippen molar-refractivity contribution in [2.45, 2.75) is 78.1 Å². The third-order valence-corrected chi connectivity index (χ3v) is 4.82. The minimum absolute atomic E-state index is 0.233. The van der Waals surface area contributed by atoms with Gasteiger partial charge in [-0.15, -0.1) is 11.6 Å². The number of halogens is 1. The van der Waals surface area contributed by atoms with Gasteiger partial charge in [0.25, 0.3) is 0 Å². The normalized spacial score (nSPS) is 11.5. The molecule has 0 aliphatic carbocycles. The SMILES string of the molecule is CCCCCCCCCCCCOc1ccc(/C=C(\C)C(=O)OCCCl)cc1. The van der Waals surface area contributed by atoms with Crippen molar-refractivity contribution < 1.29 is 14.3 Å². The van der Waals surface area contributed by atoms with E-state index in [1.165, 1.54) is 57.8 Å². The molecule has 0 saturated carbocycles.